The Hall–Kier alpha value is -1.80. The first-order valence-corrected chi connectivity index (χ1v) is 6.18. The maximum absolute atomic E-state index is 12.6. The molecular weight excluding hydrogens is 289 g/mol. The smallest absolute Gasteiger partial charge is 0.398 e. The van der Waals surface area contributed by atoms with Crippen LogP contribution in [0.2, 0.25) is 0 Å². The molecule has 0 spiro atoms. The van der Waals surface area contributed by atoms with Gasteiger partial charge in [-0.2, -0.15) is 13.2 Å². The summed E-state index contributed by atoms with van der Waals surface area (Å²) in [5.41, 5.74) is 4.39. The second kappa shape index (κ2) is 7.84. The van der Waals surface area contributed by atoms with E-state index in [2.05, 4.69) is 5.32 Å². The number of nitrogens with two attached hydrogens (primary N) is 1. The topological polar surface area (TPSA) is 73.6 Å². The molecule has 0 heterocycles. The molecule has 0 fully saturated rings. The van der Waals surface area contributed by atoms with E-state index in [4.69, 9.17) is 15.2 Å². The van der Waals surface area contributed by atoms with Crippen LogP contribution >= 0.6 is 0 Å². The van der Waals surface area contributed by atoms with Crippen LogP contribution in [-0.2, 0) is 15.7 Å². The van der Waals surface area contributed by atoms with Gasteiger partial charge in [-0.15, -0.1) is 0 Å². The molecule has 0 aliphatic carbocycles. The van der Waals surface area contributed by atoms with Gasteiger partial charge >= 0.3 is 6.18 Å². The molecule has 0 radical (unpaired) electrons. The highest BCUT2D eigenvalue weighted by molar-refractivity contribution is 5.99. The summed E-state index contributed by atoms with van der Waals surface area (Å²) in [6.45, 7) is 1.19. The fourth-order valence-electron chi connectivity index (χ4n) is 1.51. The molecule has 1 amide bonds. The zero-order chi connectivity index (χ0) is 15.9. The number of alkyl halides is 3. The fraction of sp³-hybridized carbons (Fsp3) is 0.462. The molecule has 0 saturated heterocycles. The molecule has 0 unspecified atom stereocenters. The number of ether oxygens (including phenoxy) is 2. The van der Waals surface area contributed by atoms with Gasteiger partial charge < -0.3 is 20.5 Å². The lowest BCUT2D eigenvalue weighted by atomic mass is 10.1. The summed E-state index contributed by atoms with van der Waals surface area (Å²) in [5, 5.41) is 2.44. The third-order valence-corrected chi connectivity index (χ3v) is 2.59. The molecule has 1 rings (SSSR count). The first-order valence-electron chi connectivity index (χ1n) is 6.18. The third-order valence-electron chi connectivity index (χ3n) is 2.59. The van der Waals surface area contributed by atoms with E-state index in [0.29, 0.717) is 13.2 Å². The molecule has 0 aliphatic rings. The summed E-state index contributed by atoms with van der Waals surface area (Å²) in [4.78, 5) is 11.8. The van der Waals surface area contributed by atoms with Gasteiger partial charge in [-0.3, -0.25) is 4.79 Å². The SMILES string of the molecule is COCCOCCNC(=O)c1cc(C(F)(F)F)ccc1N. The Morgan fingerprint density at radius 1 is 1.29 bits per heavy atom. The van der Waals surface area contributed by atoms with E-state index in [1.54, 1.807) is 0 Å². The van der Waals surface area contributed by atoms with E-state index in [0.717, 1.165) is 18.2 Å². The number of benzene rings is 1. The van der Waals surface area contributed by atoms with Crippen molar-refractivity contribution >= 4 is 11.6 Å². The van der Waals surface area contributed by atoms with Crippen molar-refractivity contribution in [1.82, 2.24) is 5.32 Å². The number of halogens is 3. The van der Waals surface area contributed by atoms with Crippen LogP contribution < -0.4 is 11.1 Å². The summed E-state index contributed by atoms with van der Waals surface area (Å²) in [6, 6.07) is 2.63. The number of nitrogen functional groups attached to an aromatic ring is 1. The van der Waals surface area contributed by atoms with Crippen LogP contribution in [0.15, 0.2) is 18.2 Å². The predicted octanol–water partition coefficient (Wildman–Crippen LogP) is 1.68. The van der Waals surface area contributed by atoms with Crippen molar-refractivity contribution in [3.63, 3.8) is 0 Å². The van der Waals surface area contributed by atoms with Crippen LogP contribution in [-0.4, -0.2) is 39.4 Å². The van der Waals surface area contributed by atoms with E-state index in [9.17, 15) is 18.0 Å². The van der Waals surface area contributed by atoms with Crippen molar-refractivity contribution in [3.8, 4) is 0 Å². The van der Waals surface area contributed by atoms with E-state index in [1.165, 1.54) is 7.11 Å². The number of hydrogen-bond acceptors (Lipinski definition) is 4. The first-order chi connectivity index (χ1) is 9.86. The molecule has 0 saturated carbocycles. The van der Waals surface area contributed by atoms with Gasteiger partial charge in [-0.05, 0) is 18.2 Å². The van der Waals surface area contributed by atoms with E-state index in [-0.39, 0.29) is 24.4 Å². The maximum atomic E-state index is 12.6. The minimum absolute atomic E-state index is 0.0131. The molecule has 1 aromatic carbocycles. The molecule has 21 heavy (non-hydrogen) atoms. The standard InChI is InChI=1S/C13H17F3N2O3/c1-20-6-7-21-5-4-18-12(19)10-8-9(13(14,15)16)2-3-11(10)17/h2-3,8H,4-7,17H2,1H3,(H,18,19). The van der Waals surface area contributed by atoms with E-state index >= 15 is 0 Å². The van der Waals surface area contributed by atoms with E-state index < -0.39 is 17.6 Å². The van der Waals surface area contributed by atoms with Gasteiger partial charge in [0.25, 0.3) is 5.91 Å². The summed E-state index contributed by atoms with van der Waals surface area (Å²) in [7, 11) is 1.53. The quantitative estimate of drug-likeness (QED) is 0.594. The van der Waals surface area contributed by atoms with E-state index in [1.807, 2.05) is 0 Å². The van der Waals surface area contributed by atoms with Gasteiger partial charge in [-0.1, -0.05) is 0 Å². The number of anilines is 1. The first kappa shape index (κ1) is 17.3. The van der Waals surface area contributed by atoms with Gasteiger partial charge in [0.05, 0.1) is 30.9 Å². The predicted molar refractivity (Wildman–Crippen MR) is 70.9 cm³/mol. The minimum Gasteiger partial charge on any atom is -0.398 e. The molecule has 0 aliphatic heterocycles. The highest BCUT2D eigenvalue weighted by Gasteiger charge is 2.31. The van der Waals surface area contributed by atoms with Gasteiger partial charge in [0.1, 0.15) is 0 Å². The molecule has 1 aromatic rings. The minimum atomic E-state index is -4.52. The van der Waals surface area contributed by atoms with Crippen LogP contribution in [0.5, 0.6) is 0 Å². The Labute approximate surface area is 120 Å². The van der Waals surface area contributed by atoms with Crippen molar-refractivity contribution in [2.24, 2.45) is 0 Å². The van der Waals surface area contributed by atoms with Gasteiger partial charge in [-0.25, -0.2) is 0 Å². The summed E-state index contributed by atoms with van der Waals surface area (Å²) in [5.74, 6) is -0.672. The average Bonchev–Trinajstić information content (AvgIpc) is 2.41. The Morgan fingerprint density at radius 2 is 2.00 bits per heavy atom. The number of amides is 1. The molecule has 5 nitrogen and oxygen atoms in total. The van der Waals surface area contributed by atoms with Crippen molar-refractivity contribution in [1.29, 1.82) is 0 Å². The number of carbonyl (C=O) groups excluding carboxylic acids is 1. The number of carbonyl (C=O) groups is 1. The van der Waals surface area contributed by atoms with Gasteiger partial charge in [0.15, 0.2) is 0 Å². The summed E-state index contributed by atoms with van der Waals surface area (Å²) < 4.78 is 47.6. The number of rotatable bonds is 7. The molecule has 0 atom stereocenters. The molecule has 0 aromatic heterocycles. The van der Waals surface area contributed by atoms with Crippen LogP contribution in [0, 0.1) is 0 Å². The monoisotopic (exact) mass is 306 g/mol. The zero-order valence-electron chi connectivity index (χ0n) is 11.5. The number of methoxy groups -OCH3 is 1. The van der Waals surface area contributed by atoms with Crippen LogP contribution in [0.3, 0.4) is 0 Å². The lowest BCUT2D eigenvalue weighted by molar-refractivity contribution is -0.137. The lowest BCUT2D eigenvalue weighted by Gasteiger charge is -2.11. The van der Waals surface area contributed by atoms with Gasteiger partial charge in [0, 0.05) is 19.3 Å². The Balaban J connectivity index is 2.57. The highest BCUT2D eigenvalue weighted by atomic mass is 19.4. The molecule has 3 N–H and O–H groups in total. The maximum Gasteiger partial charge on any atom is 0.416 e. The number of hydrogen-bond donors (Lipinski definition) is 2. The zero-order valence-corrected chi connectivity index (χ0v) is 11.5. The molecule has 8 heteroatoms. The second-order valence-electron chi connectivity index (χ2n) is 4.16. The average molecular weight is 306 g/mol. The van der Waals surface area contributed by atoms with Crippen LogP contribution in [0.1, 0.15) is 15.9 Å². The fourth-order valence-corrected chi connectivity index (χ4v) is 1.51. The van der Waals surface area contributed by atoms with Crippen molar-refractivity contribution in [2.45, 2.75) is 6.18 Å². The second-order valence-corrected chi connectivity index (χ2v) is 4.16. The Morgan fingerprint density at radius 3 is 2.62 bits per heavy atom. The Kier molecular flexibility index (Phi) is 6.44. The van der Waals surface area contributed by atoms with Crippen molar-refractivity contribution in [3.05, 3.63) is 29.3 Å². The normalized spacial score (nSPS) is 11.4. The lowest BCUT2D eigenvalue weighted by Crippen LogP contribution is -2.28. The summed E-state index contributed by atoms with van der Waals surface area (Å²) >= 11 is 0. The molecule has 0 bridgehead atoms. The van der Waals surface area contributed by atoms with Gasteiger partial charge in [0.2, 0.25) is 0 Å². The third kappa shape index (κ3) is 5.60. The Bertz CT molecular complexity index is 478. The van der Waals surface area contributed by atoms with Crippen LogP contribution in [0.4, 0.5) is 18.9 Å². The number of nitrogens with one attached hydrogen (secondary N) is 1. The molecular formula is C13H17F3N2O3. The summed E-state index contributed by atoms with van der Waals surface area (Å²) in [6.07, 6.45) is -4.52. The van der Waals surface area contributed by atoms with Crippen molar-refractivity contribution < 1.29 is 27.4 Å². The van der Waals surface area contributed by atoms with Crippen molar-refractivity contribution in [2.75, 3.05) is 39.2 Å². The molecule has 118 valence electrons. The highest BCUT2D eigenvalue weighted by Crippen LogP contribution is 2.31. The van der Waals surface area contributed by atoms with Crippen LogP contribution in [0.25, 0.3) is 0 Å². The largest absolute Gasteiger partial charge is 0.416 e.